The number of imide groups is 1. The number of nitrogens with zero attached hydrogens (tertiary/aromatic N) is 1. The smallest absolute Gasteiger partial charge is 0.323 e. The minimum atomic E-state index is -3.41. The number of anilines is 1. The second-order valence-electron chi connectivity index (χ2n) is 7.63. The molecule has 1 aromatic rings. The van der Waals surface area contributed by atoms with Gasteiger partial charge in [0.2, 0.25) is 10.0 Å². The molecule has 1 aromatic carbocycles. The molecular formula is C19H25N3O5S. The van der Waals surface area contributed by atoms with E-state index in [2.05, 4.69) is 17.0 Å². The molecule has 3 amide bonds. The van der Waals surface area contributed by atoms with Crippen molar-refractivity contribution in [3.05, 3.63) is 29.8 Å². The van der Waals surface area contributed by atoms with Gasteiger partial charge in [-0.2, -0.15) is 0 Å². The van der Waals surface area contributed by atoms with Crippen LogP contribution in [0, 0.1) is 5.92 Å². The third-order valence-corrected chi connectivity index (χ3v) is 6.20. The van der Waals surface area contributed by atoms with Crippen LogP contribution < -0.4 is 10.0 Å². The summed E-state index contributed by atoms with van der Waals surface area (Å²) in [7, 11) is -3.41. The van der Waals surface area contributed by atoms with Crippen molar-refractivity contribution in [2.75, 3.05) is 17.5 Å². The molecule has 28 heavy (non-hydrogen) atoms. The number of benzene rings is 1. The molecule has 152 valence electrons. The first-order valence-electron chi connectivity index (χ1n) is 9.39. The molecule has 2 N–H and O–H groups in total. The van der Waals surface area contributed by atoms with Crippen LogP contribution in [0.15, 0.2) is 24.3 Å². The Balaban J connectivity index is 1.67. The zero-order valence-electron chi connectivity index (χ0n) is 16.0. The lowest BCUT2D eigenvalue weighted by Gasteiger charge is -2.34. The van der Waals surface area contributed by atoms with Crippen LogP contribution in [0.1, 0.15) is 49.4 Å². The third-order valence-electron chi connectivity index (χ3n) is 5.59. The van der Waals surface area contributed by atoms with Gasteiger partial charge < -0.3 is 5.32 Å². The number of nitrogens with one attached hydrogen (secondary N) is 2. The zero-order valence-corrected chi connectivity index (χ0v) is 16.8. The molecule has 1 saturated carbocycles. The largest absolute Gasteiger partial charge is 0.325 e. The first-order chi connectivity index (χ1) is 13.1. The number of hydrogen-bond acceptors (Lipinski definition) is 5. The van der Waals surface area contributed by atoms with E-state index in [0.29, 0.717) is 30.0 Å². The Morgan fingerprint density at radius 3 is 2.36 bits per heavy atom. The van der Waals surface area contributed by atoms with Gasteiger partial charge in [-0.25, -0.2) is 13.2 Å². The SMILES string of the molecule is CCC1CCC2(CC1)NC(=O)N(CC(=O)c1ccc(NS(C)(=O)=O)cc1)C2=O. The Morgan fingerprint density at radius 2 is 1.82 bits per heavy atom. The van der Waals surface area contributed by atoms with E-state index in [-0.39, 0.29) is 18.2 Å². The lowest BCUT2D eigenvalue weighted by Crippen LogP contribution is -2.49. The molecule has 0 aromatic heterocycles. The van der Waals surface area contributed by atoms with E-state index in [1.54, 1.807) is 0 Å². The molecule has 1 spiro atoms. The Kier molecular flexibility index (Phi) is 5.47. The molecule has 2 aliphatic rings. The van der Waals surface area contributed by atoms with E-state index in [9.17, 15) is 22.8 Å². The average molecular weight is 407 g/mol. The number of sulfonamides is 1. The van der Waals surface area contributed by atoms with Gasteiger partial charge in [0.15, 0.2) is 5.78 Å². The van der Waals surface area contributed by atoms with E-state index in [0.717, 1.165) is 30.4 Å². The molecule has 3 rings (SSSR count). The molecule has 1 heterocycles. The van der Waals surface area contributed by atoms with Crippen molar-refractivity contribution in [1.29, 1.82) is 0 Å². The third kappa shape index (κ3) is 4.19. The number of amides is 3. The van der Waals surface area contributed by atoms with Gasteiger partial charge in [0, 0.05) is 11.3 Å². The number of ketones is 1. The lowest BCUT2D eigenvalue weighted by atomic mass is 9.75. The molecule has 0 bridgehead atoms. The minimum absolute atomic E-state index is 0.301. The molecule has 2 fully saturated rings. The molecule has 1 aliphatic carbocycles. The number of rotatable bonds is 6. The van der Waals surface area contributed by atoms with E-state index in [1.807, 2.05) is 0 Å². The fourth-order valence-electron chi connectivity index (χ4n) is 3.91. The minimum Gasteiger partial charge on any atom is -0.323 e. The van der Waals surface area contributed by atoms with Crippen molar-refractivity contribution in [2.24, 2.45) is 5.92 Å². The highest BCUT2D eigenvalue weighted by molar-refractivity contribution is 7.92. The highest BCUT2D eigenvalue weighted by Gasteiger charge is 2.52. The first-order valence-corrected chi connectivity index (χ1v) is 11.3. The average Bonchev–Trinajstić information content (AvgIpc) is 2.86. The summed E-state index contributed by atoms with van der Waals surface area (Å²) in [6.45, 7) is 1.79. The zero-order chi connectivity index (χ0) is 20.5. The summed E-state index contributed by atoms with van der Waals surface area (Å²) in [5, 5.41) is 2.81. The second kappa shape index (κ2) is 7.54. The maximum absolute atomic E-state index is 12.9. The molecular weight excluding hydrogens is 382 g/mol. The van der Waals surface area contributed by atoms with Crippen LogP contribution in [0.3, 0.4) is 0 Å². The highest BCUT2D eigenvalue weighted by atomic mass is 32.2. The summed E-state index contributed by atoms with van der Waals surface area (Å²) in [5.41, 5.74) is -0.234. The summed E-state index contributed by atoms with van der Waals surface area (Å²) < 4.78 is 24.8. The molecule has 0 unspecified atom stereocenters. The van der Waals surface area contributed by atoms with Crippen molar-refractivity contribution in [2.45, 2.75) is 44.6 Å². The second-order valence-corrected chi connectivity index (χ2v) is 9.38. The number of carbonyl (C=O) groups excluding carboxylic acids is 3. The van der Waals surface area contributed by atoms with Gasteiger partial charge in [0.25, 0.3) is 5.91 Å². The molecule has 0 atom stereocenters. The number of carbonyl (C=O) groups is 3. The number of hydrogen-bond donors (Lipinski definition) is 2. The van der Waals surface area contributed by atoms with Gasteiger partial charge in [-0.05, 0) is 55.9 Å². The van der Waals surface area contributed by atoms with Crippen LogP contribution in [-0.2, 0) is 14.8 Å². The van der Waals surface area contributed by atoms with Gasteiger partial charge in [0.1, 0.15) is 5.54 Å². The Hall–Kier alpha value is -2.42. The van der Waals surface area contributed by atoms with Gasteiger partial charge in [-0.1, -0.05) is 13.3 Å². The maximum Gasteiger partial charge on any atom is 0.325 e. The summed E-state index contributed by atoms with van der Waals surface area (Å²) in [4.78, 5) is 38.8. The summed E-state index contributed by atoms with van der Waals surface area (Å²) in [6, 6.07) is 5.35. The van der Waals surface area contributed by atoms with Gasteiger partial charge in [0.05, 0.1) is 12.8 Å². The van der Waals surface area contributed by atoms with Crippen molar-refractivity contribution in [3.8, 4) is 0 Å². The number of urea groups is 1. The lowest BCUT2D eigenvalue weighted by molar-refractivity contribution is -0.132. The van der Waals surface area contributed by atoms with Crippen molar-refractivity contribution in [3.63, 3.8) is 0 Å². The summed E-state index contributed by atoms with van der Waals surface area (Å²) in [6.07, 6.45) is 5.08. The van der Waals surface area contributed by atoms with E-state index >= 15 is 0 Å². The number of Topliss-reactive ketones (excluding diaryl/α,β-unsaturated/α-hetero) is 1. The van der Waals surface area contributed by atoms with E-state index < -0.39 is 21.6 Å². The van der Waals surface area contributed by atoms with Crippen molar-refractivity contribution in [1.82, 2.24) is 10.2 Å². The van der Waals surface area contributed by atoms with Gasteiger partial charge in [-0.3, -0.25) is 19.2 Å². The fraction of sp³-hybridized carbons (Fsp3) is 0.526. The van der Waals surface area contributed by atoms with Crippen LogP contribution >= 0.6 is 0 Å². The molecule has 1 aliphatic heterocycles. The quantitative estimate of drug-likeness (QED) is 0.554. The Labute approximate surface area is 164 Å². The predicted molar refractivity (Wildman–Crippen MR) is 104 cm³/mol. The summed E-state index contributed by atoms with van der Waals surface area (Å²) >= 11 is 0. The first kappa shape index (κ1) is 20.3. The standard InChI is InChI=1S/C19H25N3O5S/c1-3-13-8-10-19(11-9-13)17(24)22(18(25)20-19)12-16(23)14-4-6-15(7-5-14)21-28(2,26)27/h4-7,13,21H,3,8-12H2,1-2H3,(H,20,25). The Bertz CT molecular complexity index is 887. The van der Waals surface area contributed by atoms with Crippen LogP contribution in [0.5, 0.6) is 0 Å². The van der Waals surface area contributed by atoms with Crippen LogP contribution in [0.25, 0.3) is 0 Å². The van der Waals surface area contributed by atoms with Crippen LogP contribution in [-0.4, -0.2) is 49.4 Å². The molecule has 9 heteroatoms. The van der Waals surface area contributed by atoms with Crippen LogP contribution in [0.2, 0.25) is 0 Å². The normalized spacial score (nSPS) is 25.1. The van der Waals surface area contributed by atoms with E-state index in [4.69, 9.17) is 0 Å². The van der Waals surface area contributed by atoms with Crippen molar-refractivity contribution >= 4 is 33.4 Å². The molecule has 8 nitrogen and oxygen atoms in total. The maximum atomic E-state index is 12.9. The molecule has 0 radical (unpaired) electrons. The van der Waals surface area contributed by atoms with Crippen molar-refractivity contribution < 1.29 is 22.8 Å². The predicted octanol–water partition coefficient (Wildman–Crippen LogP) is 2.13. The van der Waals surface area contributed by atoms with Gasteiger partial charge in [-0.15, -0.1) is 0 Å². The monoisotopic (exact) mass is 407 g/mol. The topological polar surface area (TPSA) is 113 Å². The highest BCUT2D eigenvalue weighted by Crippen LogP contribution is 2.37. The van der Waals surface area contributed by atoms with E-state index in [1.165, 1.54) is 24.3 Å². The fourth-order valence-corrected chi connectivity index (χ4v) is 4.47. The van der Waals surface area contributed by atoms with Crippen LogP contribution in [0.4, 0.5) is 10.5 Å². The molecule has 1 saturated heterocycles. The Morgan fingerprint density at radius 1 is 1.21 bits per heavy atom. The summed E-state index contributed by atoms with van der Waals surface area (Å²) in [5.74, 6) is -0.130. The van der Waals surface area contributed by atoms with Gasteiger partial charge >= 0.3 is 6.03 Å².